The third kappa shape index (κ3) is 4.46. The number of oxazole rings is 1. The maximum atomic E-state index is 13.6. The molecule has 1 N–H and O–H groups in total. The smallest absolute Gasteiger partial charge is 0.233 e. The Bertz CT molecular complexity index is 1400. The number of hydrogen-bond acceptors (Lipinski definition) is 8. The van der Waals surface area contributed by atoms with Gasteiger partial charge in [-0.2, -0.15) is 4.98 Å². The summed E-state index contributed by atoms with van der Waals surface area (Å²) in [5, 5.41) is 3.26. The molecular formula is C23H21ClN4O5S. The summed E-state index contributed by atoms with van der Waals surface area (Å²) in [4.78, 5) is 8.38. The number of anilines is 1. The van der Waals surface area contributed by atoms with Crippen LogP contribution in [0.5, 0.6) is 11.5 Å². The summed E-state index contributed by atoms with van der Waals surface area (Å²) in [6.45, 7) is 1.93. The van der Waals surface area contributed by atoms with Crippen molar-refractivity contribution < 1.29 is 22.3 Å². The predicted molar refractivity (Wildman–Crippen MR) is 125 cm³/mol. The molecule has 9 nitrogen and oxygen atoms in total. The van der Waals surface area contributed by atoms with Crippen molar-refractivity contribution in [3.05, 3.63) is 66.2 Å². The molecule has 1 aliphatic heterocycles. The fourth-order valence-corrected chi connectivity index (χ4v) is 5.05. The molecule has 34 heavy (non-hydrogen) atoms. The average Bonchev–Trinajstić information content (AvgIpc) is 3.52. The van der Waals surface area contributed by atoms with Gasteiger partial charge in [0.05, 0.1) is 21.8 Å². The number of imidazole rings is 1. The highest BCUT2D eigenvalue weighted by atomic mass is 35.5. The minimum Gasteiger partial charge on any atom is -0.486 e. The van der Waals surface area contributed by atoms with E-state index in [2.05, 4.69) is 15.3 Å². The van der Waals surface area contributed by atoms with Gasteiger partial charge >= 0.3 is 0 Å². The molecule has 0 spiro atoms. The summed E-state index contributed by atoms with van der Waals surface area (Å²) >= 11 is 6.31. The Morgan fingerprint density at radius 2 is 1.91 bits per heavy atom. The molecule has 0 bridgehead atoms. The second-order valence-electron chi connectivity index (χ2n) is 7.52. The van der Waals surface area contributed by atoms with Gasteiger partial charge in [0.15, 0.2) is 11.5 Å². The quantitative estimate of drug-likeness (QED) is 0.357. The van der Waals surface area contributed by atoms with E-state index < -0.39 is 9.84 Å². The summed E-state index contributed by atoms with van der Waals surface area (Å²) in [5.41, 5.74) is 0.495. The van der Waals surface area contributed by atoms with Crippen molar-refractivity contribution in [2.75, 3.05) is 25.1 Å². The van der Waals surface area contributed by atoms with E-state index in [1.54, 1.807) is 42.9 Å². The molecule has 0 aliphatic carbocycles. The molecule has 2 aromatic heterocycles. The van der Waals surface area contributed by atoms with Crippen molar-refractivity contribution in [2.24, 2.45) is 0 Å². The minimum atomic E-state index is -4.04. The minimum absolute atomic E-state index is 0.0252. The van der Waals surface area contributed by atoms with E-state index in [1.165, 1.54) is 12.1 Å². The van der Waals surface area contributed by atoms with E-state index in [9.17, 15) is 8.42 Å². The van der Waals surface area contributed by atoms with E-state index >= 15 is 0 Å². The lowest BCUT2D eigenvalue weighted by atomic mass is 10.2. The Morgan fingerprint density at radius 3 is 2.71 bits per heavy atom. The zero-order chi connectivity index (χ0) is 23.5. The fraction of sp³-hybridized carbons (Fsp3) is 0.217. The van der Waals surface area contributed by atoms with Crippen LogP contribution >= 0.6 is 11.6 Å². The van der Waals surface area contributed by atoms with Crippen molar-refractivity contribution >= 4 is 27.3 Å². The van der Waals surface area contributed by atoms with Crippen LogP contribution in [-0.4, -0.2) is 42.7 Å². The van der Waals surface area contributed by atoms with Gasteiger partial charge in [-0.05, 0) is 30.7 Å². The fourth-order valence-electron chi connectivity index (χ4n) is 3.53. The van der Waals surface area contributed by atoms with Crippen LogP contribution in [0.15, 0.2) is 75.5 Å². The summed E-state index contributed by atoms with van der Waals surface area (Å²) in [5.74, 6) is 1.03. The van der Waals surface area contributed by atoms with Crippen LogP contribution in [0.3, 0.4) is 0 Å². The van der Waals surface area contributed by atoms with Crippen LogP contribution in [-0.2, 0) is 16.4 Å². The van der Waals surface area contributed by atoms with Crippen LogP contribution in [0.2, 0.25) is 5.02 Å². The van der Waals surface area contributed by atoms with Gasteiger partial charge in [0.1, 0.15) is 13.2 Å². The molecule has 3 heterocycles. The van der Waals surface area contributed by atoms with Gasteiger partial charge in [0, 0.05) is 31.5 Å². The number of fused-ring (bicyclic) bond motifs is 1. The SMILES string of the molecule is O=S(=O)(c1ccc2c(c1)OCCO2)c1nc(-c2ccccc2Cl)oc1NCCCn1ccnc1. The summed E-state index contributed by atoms with van der Waals surface area (Å²) < 4.78 is 46.0. The van der Waals surface area contributed by atoms with Crippen molar-refractivity contribution in [1.29, 1.82) is 0 Å². The first kappa shape index (κ1) is 22.3. The highest BCUT2D eigenvalue weighted by molar-refractivity contribution is 7.91. The van der Waals surface area contributed by atoms with Crippen LogP contribution in [0.1, 0.15) is 6.42 Å². The molecule has 4 aromatic rings. The molecule has 0 saturated heterocycles. The van der Waals surface area contributed by atoms with Crippen LogP contribution < -0.4 is 14.8 Å². The molecule has 0 radical (unpaired) electrons. The number of benzene rings is 2. The lowest BCUT2D eigenvalue weighted by Gasteiger charge is -2.18. The van der Waals surface area contributed by atoms with Crippen molar-refractivity contribution in [3.8, 4) is 23.0 Å². The van der Waals surface area contributed by atoms with Gasteiger partial charge in [0.2, 0.25) is 26.6 Å². The van der Waals surface area contributed by atoms with E-state index in [1.807, 2.05) is 10.8 Å². The summed E-state index contributed by atoms with van der Waals surface area (Å²) in [6, 6.07) is 11.4. The molecule has 0 saturated carbocycles. The van der Waals surface area contributed by atoms with Gasteiger partial charge in [-0.15, -0.1) is 0 Å². The van der Waals surface area contributed by atoms with Crippen LogP contribution in [0.4, 0.5) is 5.88 Å². The number of hydrogen-bond donors (Lipinski definition) is 1. The number of aryl methyl sites for hydroxylation is 1. The number of nitrogens with one attached hydrogen (secondary N) is 1. The second-order valence-corrected chi connectivity index (χ2v) is 9.80. The zero-order valence-electron chi connectivity index (χ0n) is 18.0. The zero-order valence-corrected chi connectivity index (χ0v) is 19.6. The van der Waals surface area contributed by atoms with Crippen LogP contribution in [0, 0.1) is 0 Å². The predicted octanol–water partition coefficient (Wildman–Crippen LogP) is 4.30. The van der Waals surface area contributed by atoms with Gasteiger partial charge in [0.25, 0.3) is 0 Å². The van der Waals surface area contributed by atoms with Gasteiger partial charge < -0.3 is 23.8 Å². The third-order valence-corrected chi connectivity index (χ3v) is 7.21. The first-order valence-corrected chi connectivity index (χ1v) is 12.5. The summed E-state index contributed by atoms with van der Waals surface area (Å²) in [6.07, 6.45) is 6.00. The largest absolute Gasteiger partial charge is 0.486 e. The van der Waals surface area contributed by atoms with E-state index in [4.69, 9.17) is 25.5 Å². The molecule has 0 unspecified atom stereocenters. The van der Waals surface area contributed by atoms with Crippen LogP contribution in [0.25, 0.3) is 11.5 Å². The van der Waals surface area contributed by atoms with Crippen molar-refractivity contribution in [3.63, 3.8) is 0 Å². The Morgan fingerprint density at radius 1 is 1.09 bits per heavy atom. The van der Waals surface area contributed by atoms with Crippen molar-refractivity contribution in [2.45, 2.75) is 22.9 Å². The molecule has 5 rings (SSSR count). The Kier molecular flexibility index (Phi) is 6.16. The lowest BCUT2D eigenvalue weighted by molar-refractivity contribution is 0.171. The van der Waals surface area contributed by atoms with Gasteiger partial charge in [-0.3, -0.25) is 0 Å². The molecule has 176 valence electrons. The number of rotatable bonds is 8. The highest BCUT2D eigenvalue weighted by Gasteiger charge is 2.30. The maximum Gasteiger partial charge on any atom is 0.233 e. The lowest BCUT2D eigenvalue weighted by Crippen LogP contribution is -2.16. The third-order valence-electron chi connectivity index (χ3n) is 5.22. The normalized spacial score (nSPS) is 13.1. The number of halogens is 1. The second kappa shape index (κ2) is 9.40. The Labute approximate surface area is 201 Å². The molecule has 0 fully saturated rings. The molecular weight excluding hydrogens is 480 g/mol. The first-order valence-electron chi connectivity index (χ1n) is 10.6. The molecule has 1 aliphatic rings. The number of ether oxygens (including phenoxy) is 2. The monoisotopic (exact) mass is 500 g/mol. The van der Waals surface area contributed by atoms with E-state index in [-0.39, 0.29) is 21.7 Å². The highest BCUT2D eigenvalue weighted by Crippen LogP contribution is 2.38. The molecule has 0 atom stereocenters. The topological polar surface area (TPSA) is 108 Å². The number of sulfone groups is 1. The van der Waals surface area contributed by atoms with Gasteiger partial charge in [-0.1, -0.05) is 23.7 Å². The Hall–Kier alpha value is -3.50. The summed E-state index contributed by atoms with van der Waals surface area (Å²) in [7, 11) is -4.04. The molecule has 11 heteroatoms. The maximum absolute atomic E-state index is 13.6. The number of nitrogens with zero attached hydrogens (tertiary/aromatic N) is 3. The average molecular weight is 501 g/mol. The Balaban J connectivity index is 1.48. The first-order chi connectivity index (χ1) is 16.5. The number of aromatic nitrogens is 3. The van der Waals surface area contributed by atoms with E-state index in [0.29, 0.717) is 54.8 Å². The van der Waals surface area contributed by atoms with Crippen molar-refractivity contribution in [1.82, 2.24) is 14.5 Å². The molecule has 2 aromatic carbocycles. The van der Waals surface area contributed by atoms with Gasteiger partial charge in [-0.25, -0.2) is 13.4 Å². The molecule has 0 amide bonds. The van der Waals surface area contributed by atoms with E-state index in [0.717, 1.165) is 0 Å². The standard InChI is InChI=1S/C23H21ClN4O5S/c24-18-5-2-1-4-17(18)21-27-23(22(33-21)26-8-3-10-28-11-9-25-15-28)34(29,30)16-6-7-19-20(14-16)32-13-12-31-19/h1-2,4-7,9,11,14-15,26H,3,8,10,12-13H2.